The number of piperidine rings is 1. The Bertz CT molecular complexity index is 714. The summed E-state index contributed by atoms with van der Waals surface area (Å²) < 4.78 is 4.14. The largest absolute Gasteiger partial charge is 0.481 e. The minimum absolute atomic E-state index is 0.0434. The summed E-state index contributed by atoms with van der Waals surface area (Å²) in [4.78, 5) is 25.9. The molecule has 6 heteroatoms. The number of hydrogen-bond donors (Lipinski definition) is 1. The molecule has 1 aromatic heterocycles. The van der Waals surface area contributed by atoms with E-state index in [1.807, 2.05) is 30.3 Å². The second kappa shape index (κ2) is 6.50. The van der Waals surface area contributed by atoms with Crippen molar-refractivity contribution in [2.75, 3.05) is 13.1 Å². The Morgan fingerprint density at radius 3 is 2.61 bits per heavy atom. The summed E-state index contributed by atoms with van der Waals surface area (Å²) in [5, 5.41) is 11.2. The maximum absolute atomic E-state index is 12.7. The molecule has 120 valence electrons. The number of hydrogen-bond acceptors (Lipinski definition) is 4. The van der Waals surface area contributed by atoms with Gasteiger partial charge in [-0.3, -0.25) is 9.59 Å². The number of aromatic nitrogens is 1. The normalized spacial score (nSPS) is 21.2. The standard InChI is InChI=1S/C17H18N2O3S/c1-11-15(10-23-18-11)16(20)19-8-13(7-14(9-19)17(21)22)12-5-3-2-4-6-12/h2-6,10,13-14H,7-9H2,1H3,(H,21,22). The van der Waals surface area contributed by atoms with Gasteiger partial charge in [-0.1, -0.05) is 30.3 Å². The van der Waals surface area contributed by atoms with Crippen LogP contribution in [0.1, 0.15) is 34.0 Å². The van der Waals surface area contributed by atoms with Crippen molar-refractivity contribution in [1.82, 2.24) is 9.27 Å². The average Bonchev–Trinajstić information content (AvgIpc) is 3.00. The van der Waals surface area contributed by atoms with E-state index in [-0.39, 0.29) is 18.4 Å². The van der Waals surface area contributed by atoms with E-state index in [2.05, 4.69) is 4.37 Å². The van der Waals surface area contributed by atoms with Crippen LogP contribution in [-0.4, -0.2) is 39.3 Å². The molecule has 5 nitrogen and oxygen atoms in total. The zero-order valence-corrected chi connectivity index (χ0v) is 13.6. The minimum Gasteiger partial charge on any atom is -0.481 e. The third-order valence-corrected chi connectivity index (χ3v) is 5.06. The van der Waals surface area contributed by atoms with Gasteiger partial charge in [0, 0.05) is 24.4 Å². The van der Waals surface area contributed by atoms with Gasteiger partial charge in [0.25, 0.3) is 5.91 Å². The smallest absolute Gasteiger partial charge is 0.308 e. The highest BCUT2D eigenvalue weighted by Crippen LogP contribution is 2.31. The van der Waals surface area contributed by atoms with Gasteiger partial charge in [0.1, 0.15) is 0 Å². The van der Waals surface area contributed by atoms with Crippen LogP contribution >= 0.6 is 11.5 Å². The van der Waals surface area contributed by atoms with Gasteiger partial charge in [-0.25, -0.2) is 0 Å². The van der Waals surface area contributed by atoms with E-state index in [0.29, 0.717) is 24.2 Å². The molecule has 0 radical (unpaired) electrons. The molecular weight excluding hydrogens is 312 g/mol. The first-order valence-electron chi connectivity index (χ1n) is 7.54. The summed E-state index contributed by atoms with van der Waals surface area (Å²) in [5.74, 6) is -1.46. The number of nitrogens with zero attached hydrogens (tertiary/aromatic N) is 2. The highest BCUT2D eigenvalue weighted by atomic mass is 32.1. The fourth-order valence-corrected chi connectivity index (χ4v) is 3.76. The van der Waals surface area contributed by atoms with Crippen molar-refractivity contribution in [1.29, 1.82) is 0 Å². The summed E-state index contributed by atoms with van der Waals surface area (Å²) in [6.45, 7) is 2.60. The summed E-state index contributed by atoms with van der Waals surface area (Å²) in [6.07, 6.45) is 0.560. The van der Waals surface area contributed by atoms with Crippen molar-refractivity contribution in [3.8, 4) is 0 Å². The quantitative estimate of drug-likeness (QED) is 0.939. The third-order valence-electron chi connectivity index (χ3n) is 4.34. The van der Waals surface area contributed by atoms with Crippen LogP contribution in [-0.2, 0) is 4.79 Å². The monoisotopic (exact) mass is 330 g/mol. The predicted molar refractivity (Wildman–Crippen MR) is 87.7 cm³/mol. The van der Waals surface area contributed by atoms with Gasteiger partial charge < -0.3 is 10.0 Å². The van der Waals surface area contributed by atoms with Crippen molar-refractivity contribution < 1.29 is 14.7 Å². The number of carboxylic acids is 1. The molecule has 1 aliphatic rings. The van der Waals surface area contributed by atoms with Gasteiger partial charge in [0.2, 0.25) is 0 Å². The van der Waals surface area contributed by atoms with Gasteiger partial charge in [-0.05, 0) is 30.4 Å². The SMILES string of the molecule is Cc1nscc1C(=O)N1CC(C(=O)O)CC(c2ccccc2)C1. The van der Waals surface area contributed by atoms with E-state index in [1.54, 1.807) is 17.2 Å². The fraction of sp³-hybridized carbons (Fsp3) is 0.353. The van der Waals surface area contributed by atoms with Gasteiger partial charge in [-0.2, -0.15) is 4.37 Å². The number of carbonyl (C=O) groups is 2. The third kappa shape index (κ3) is 3.27. The molecule has 23 heavy (non-hydrogen) atoms. The molecule has 2 unspecified atom stereocenters. The van der Waals surface area contributed by atoms with E-state index in [1.165, 1.54) is 11.5 Å². The van der Waals surface area contributed by atoms with E-state index in [9.17, 15) is 14.7 Å². The molecule has 0 aliphatic carbocycles. The van der Waals surface area contributed by atoms with Crippen LogP contribution in [0.2, 0.25) is 0 Å². The molecule has 0 saturated carbocycles. The molecule has 0 bridgehead atoms. The Hall–Kier alpha value is -2.21. The Kier molecular flexibility index (Phi) is 4.43. The van der Waals surface area contributed by atoms with Crippen LogP contribution in [0.5, 0.6) is 0 Å². The molecule has 1 N–H and O–H groups in total. The number of aryl methyl sites for hydroxylation is 1. The van der Waals surface area contributed by atoms with E-state index in [4.69, 9.17) is 0 Å². The van der Waals surface area contributed by atoms with Gasteiger partial charge in [0.05, 0.1) is 17.2 Å². The zero-order valence-electron chi connectivity index (χ0n) is 12.8. The molecule has 2 atom stereocenters. The van der Waals surface area contributed by atoms with Gasteiger partial charge in [0.15, 0.2) is 0 Å². The molecule has 2 aromatic rings. The second-order valence-electron chi connectivity index (χ2n) is 5.90. The first-order valence-corrected chi connectivity index (χ1v) is 8.38. The summed E-state index contributed by atoms with van der Waals surface area (Å²) in [6, 6.07) is 9.81. The highest BCUT2D eigenvalue weighted by Gasteiger charge is 2.35. The van der Waals surface area contributed by atoms with Crippen molar-refractivity contribution in [2.24, 2.45) is 5.92 Å². The lowest BCUT2D eigenvalue weighted by molar-refractivity contribution is -0.143. The van der Waals surface area contributed by atoms with E-state index < -0.39 is 11.9 Å². The van der Waals surface area contributed by atoms with E-state index in [0.717, 1.165) is 5.56 Å². The minimum atomic E-state index is -0.844. The van der Waals surface area contributed by atoms with Crippen LogP contribution in [0.3, 0.4) is 0 Å². The molecule has 1 fully saturated rings. The number of carbonyl (C=O) groups excluding carboxylic acids is 1. The van der Waals surface area contributed by atoms with Crippen LogP contribution in [0.25, 0.3) is 0 Å². The molecule has 3 rings (SSSR count). The highest BCUT2D eigenvalue weighted by molar-refractivity contribution is 7.03. The molecule has 1 aliphatic heterocycles. The lowest BCUT2D eigenvalue weighted by Gasteiger charge is -2.36. The number of likely N-dealkylation sites (tertiary alicyclic amines) is 1. The topological polar surface area (TPSA) is 70.5 Å². The predicted octanol–water partition coefficient (Wildman–Crippen LogP) is 2.78. The number of carboxylic acid groups (broad SMARTS) is 1. The van der Waals surface area contributed by atoms with Crippen LogP contribution in [0, 0.1) is 12.8 Å². The molecule has 1 amide bonds. The van der Waals surface area contributed by atoms with Crippen LogP contribution < -0.4 is 0 Å². The summed E-state index contributed by atoms with van der Waals surface area (Å²) >= 11 is 1.25. The number of rotatable bonds is 3. The Balaban J connectivity index is 1.86. The number of amides is 1. The molecule has 1 saturated heterocycles. The summed E-state index contributed by atoms with van der Waals surface area (Å²) in [5.41, 5.74) is 2.36. The van der Waals surface area contributed by atoms with Crippen molar-refractivity contribution in [3.63, 3.8) is 0 Å². The maximum atomic E-state index is 12.7. The van der Waals surface area contributed by atoms with E-state index >= 15 is 0 Å². The van der Waals surface area contributed by atoms with Crippen LogP contribution in [0.4, 0.5) is 0 Å². The lowest BCUT2D eigenvalue weighted by Crippen LogP contribution is -2.45. The van der Waals surface area contributed by atoms with Crippen molar-refractivity contribution >= 4 is 23.4 Å². The Morgan fingerprint density at radius 1 is 1.26 bits per heavy atom. The summed E-state index contributed by atoms with van der Waals surface area (Å²) in [7, 11) is 0. The Morgan fingerprint density at radius 2 is 2.00 bits per heavy atom. The fourth-order valence-electron chi connectivity index (χ4n) is 3.08. The average molecular weight is 330 g/mol. The molecular formula is C17H18N2O3S. The second-order valence-corrected chi connectivity index (χ2v) is 6.53. The molecule has 2 heterocycles. The first kappa shape index (κ1) is 15.7. The number of benzene rings is 1. The zero-order chi connectivity index (χ0) is 16.4. The van der Waals surface area contributed by atoms with Gasteiger partial charge in [-0.15, -0.1) is 0 Å². The van der Waals surface area contributed by atoms with Crippen molar-refractivity contribution in [3.05, 3.63) is 52.5 Å². The van der Waals surface area contributed by atoms with Crippen molar-refractivity contribution in [2.45, 2.75) is 19.3 Å². The van der Waals surface area contributed by atoms with Gasteiger partial charge >= 0.3 is 5.97 Å². The molecule has 1 aromatic carbocycles. The number of aliphatic carboxylic acids is 1. The lowest BCUT2D eigenvalue weighted by atomic mass is 9.84. The molecule has 0 spiro atoms. The Labute approximate surface area is 138 Å². The first-order chi connectivity index (χ1) is 11.1. The van der Waals surface area contributed by atoms with Crippen LogP contribution in [0.15, 0.2) is 35.7 Å². The maximum Gasteiger partial charge on any atom is 0.308 e.